The Hall–Kier alpha value is -0.750. The molecule has 0 fully saturated rings. The van der Waals surface area contributed by atoms with Gasteiger partial charge in [0.2, 0.25) is 6.67 Å². The highest BCUT2D eigenvalue weighted by atomic mass is 31.1. The highest BCUT2D eigenvalue weighted by Crippen LogP contribution is 2.66. The molecule has 22 heavy (non-hydrogen) atoms. The minimum absolute atomic E-state index is 0.0294. The fourth-order valence-corrected chi connectivity index (χ4v) is 7.08. The Morgan fingerprint density at radius 3 is 1.64 bits per heavy atom. The molecule has 1 aliphatic rings. The van der Waals surface area contributed by atoms with E-state index in [4.69, 9.17) is 0 Å². The van der Waals surface area contributed by atoms with Crippen molar-refractivity contribution in [2.45, 2.75) is 78.2 Å². The van der Waals surface area contributed by atoms with Gasteiger partial charge in [-0.1, -0.05) is 53.7 Å². The number of benzene rings is 1. The van der Waals surface area contributed by atoms with Gasteiger partial charge in [0.25, 0.3) is 0 Å². The summed E-state index contributed by atoms with van der Waals surface area (Å²) in [6.45, 7) is 24.6. The molecule has 0 spiro atoms. The van der Waals surface area contributed by atoms with E-state index in [9.17, 15) is 0 Å². The topological polar surface area (TPSA) is 6.48 Å². The summed E-state index contributed by atoms with van der Waals surface area (Å²) >= 11 is 0. The van der Waals surface area contributed by atoms with Crippen molar-refractivity contribution < 1.29 is 0 Å². The maximum absolute atomic E-state index is 3.71. The zero-order valence-corrected chi connectivity index (χ0v) is 16.5. The summed E-state index contributed by atoms with van der Waals surface area (Å²) in [5.74, 6) is 0. The molecule has 0 aliphatic carbocycles. The van der Waals surface area contributed by atoms with Crippen molar-refractivity contribution >= 4 is 19.4 Å². The Morgan fingerprint density at radius 1 is 0.773 bits per heavy atom. The van der Waals surface area contributed by atoms with Crippen LogP contribution in [0, 0.1) is 6.67 Å². The molecule has 0 unspecified atom stereocenters. The zero-order chi connectivity index (χ0) is 16.9. The number of hydrogen-bond donors (Lipinski definition) is 0. The maximum atomic E-state index is 3.71. The number of para-hydroxylation sites is 2. The molecule has 2 rings (SSSR count). The van der Waals surface area contributed by atoms with E-state index in [1.165, 1.54) is 11.4 Å². The Kier molecular flexibility index (Phi) is 4.33. The van der Waals surface area contributed by atoms with Crippen LogP contribution in [0.3, 0.4) is 0 Å². The summed E-state index contributed by atoms with van der Waals surface area (Å²) in [6.07, 6.45) is 0. The molecule has 1 heterocycles. The first kappa shape index (κ1) is 17.6. The van der Waals surface area contributed by atoms with Gasteiger partial charge >= 0.3 is 0 Å². The quantitative estimate of drug-likeness (QED) is 0.577. The third-order valence-corrected chi connectivity index (χ3v) is 6.93. The van der Waals surface area contributed by atoms with Gasteiger partial charge in [-0.3, -0.25) is 0 Å². The Morgan fingerprint density at radius 2 is 1.23 bits per heavy atom. The molecule has 3 heteroatoms. The summed E-state index contributed by atoms with van der Waals surface area (Å²) in [6, 6.07) is 8.71. The molecule has 0 N–H and O–H groups in total. The van der Waals surface area contributed by atoms with E-state index in [0.29, 0.717) is 0 Å². The van der Waals surface area contributed by atoms with Crippen LogP contribution in [0.2, 0.25) is 0 Å². The van der Waals surface area contributed by atoms with Crippen molar-refractivity contribution in [1.82, 2.24) is 0 Å². The summed E-state index contributed by atoms with van der Waals surface area (Å²) in [4.78, 5) is 2.30. The lowest BCUT2D eigenvalue weighted by Gasteiger charge is -2.47. The first-order valence-electron chi connectivity index (χ1n) is 8.09. The minimum atomic E-state index is -0.424. The molecule has 1 aromatic carbocycles. The maximum Gasteiger partial charge on any atom is 0.213 e. The van der Waals surface area contributed by atoms with Crippen LogP contribution in [0.25, 0.3) is 0 Å². The van der Waals surface area contributed by atoms with Crippen molar-refractivity contribution in [2.75, 3.05) is 9.57 Å². The fourth-order valence-electron chi connectivity index (χ4n) is 3.30. The van der Waals surface area contributed by atoms with Crippen LogP contribution >= 0.6 is 8.07 Å². The van der Waals surface area contributed by atoms with Crippen molar-refractivity contribution in [3.8, 4) is 0 Å². The van der Waals surface area contributed by atoms with Gasteiger partial charge in [-0.25, -0.2) is 0 Å². The highest BCUT2D eigenvalue weighted by Gasteiger charge is 2.45. The molecular weight excluding hydrogens is 287 g/mol. The Bertz CT molecular complexity index is 518. The van der Waals surface area contributed by atoms with E-state index in [0.717, 1.165) is 0 Å². The van der Waals surface area contributed by atoms with Crippen LogP contribution in [-0.4, -0.2) is 15.9 Å². The molecule has 2 nitrogen and oxygen atoms in total. The first-order chi connectivity index (χ1) is 9.83. The van der Waals surface area contributed by atoms with Crippen molar-refractivity contribution in [1.29, 1.82) is 0 Å². The highest BCUT2D eigenvalue weighted by molar-refractivity contribution is 7.62. The van der Waals surface area contributed by atoms with E-state index in [-0.39, 0.29) is 15.9 Å². The van der Waals surface area contributed by atoms with Gasteiger partial charge in [0.15, 0.2) is 0 Å². The van der Waals surface area contributed by atoms with Crippen LogP contribution in [0.1, 0.15) is 62.3 Å². The van der Waals surface area contributed by atoms with Gasteiger partial charge < -0.3 is 9.57 Å². The fraction of sp³-hybridized carbons (Fsp3) is 0.632. The van der Waals surface area contributed by atoms with Crippen molar-refractivity contribution in [3.05, 3.63) is 30.9 Å². The number of rotatable bonds is 1. The average molecular weight is 318 g/mol. The van der Waals surface area contributed by atoms with E-state index >= 15 is 0 Å². The molecule has 0 bridgehead atoms. The third-order valence-electron chi connectivity index (χ3n) is 3.69. The average Bonchev–Trinajstić information content (AvgIpc) is 2.65. The summed E-state index contributed by atoms with van der Waals surface area (Å²) < 4.78 is 2.44. The Labute approximate surface area is 138 Å². The van der Waals surface area contributed by atoms with E-state index < -0.39 is 8.07 Å². The lowest BCUT2D eigenvalue weighted by Crippen LogP contribution is -2.41. The van der Waals surface area contributed by atoms with Crippen molar-refractivity contribution in [3.63, 3.8) is 0 Å². The van der Waals surface area contributed by atoms with Gasteiger partial charge in [0.05, 0.1) is 11.4 Å². The lowest BCUT2D eigenvalue weighted by atomic mass is 10.1. The van der Waals surface area contributed by atoms with Gasteiger partial charge in [-0.05, 0) is 32.9 Å². The second-order valence-electron chi connectivity index (χ2n) is 9.06. The normalized spacial score (nSPS) is 16.5. The van der Waals surface area contributed by atoms with Gasteiger partial charge in [0.1, 0.15) is 0 Å². The lowest BCUT2D eigenvalue weighted by molar-refractivity contribution is 0.543. The van der Waals surface area contributed by atoms with Gasteiger partial charge in [-0.15, -0.1) is 0 Å². The van der Waals surface area contributed by atoms with Gasteiger partial charge in [0, 0.05) is 23.9 Å². The zero-order valence-electron chi connectivity index (χ0n) is 15.7. The predicted octanol–water partition coefficient (Wildman–Crippen LogP) is 6.10. The monoisotopic (exact) mass is 318 g/mol. The minimum Gasteiger partial charge on any atom is -0.334 e. The second-order valence-corrected chi connectivity index (χ2v) is 12.8. The largest absolute Gasteiger partial charge is 0.334 e. The first-order valence-corrected chi connectivity index (χ1v) is 9.39. The molecule has 0 aromatic heterocycles. The number of hydrogen-bond acceptors (Lipinski definition) is 2. The summed E-state index contributed by atoms with van der Waals surface area (Å²) in [7, 11) is -0.424. The van der Waals surface area contributed by atoms with Crippen LogP contribution < -0.4 is 9.57 Å². The second kappa shape index (κ2) is 5.41. The molecule has 1 aromatic rings. The van der Waals surface area contributed by atoms with Crippen LogP contribution in [0.5, 0.6) is 0 Å². The summed E-state index contributed by atoms with van der Waals surface area (Å²) in [5, 5.41) is 0.448. The van der Waals surface area contributed by atoms with E-state index in [2.05, 4.69) is 103 Å². The molecule has 122 valence electrons. The molecule has 0 atom stereocenters. The van der Waals surface area contributed by atoms with Crippen LogP contribution in [0.15, 0.2) is 24.3 Å². The molecule has 0 saturated carbocycles. The standard InChI is InChI=1S/C19H31N2P/c1-17(2,3)20-14-21(16-13-11-10-12-15(16)20)22(18(4,5)6)19(7,8)9/h10-13H,1-9H3. The van der Waals surface area contributed by atoms with Gasteiger partial charge in [-0.2, -0.15) is 0 Å². The van der Waals surface area contributed by atoms with Crippen LogP contribution in [0.4, 0.5) is 11.4 Å². The number of nitrogens with zero attached hydrogens (tertiary/aromatic N) is 2. The molecule has 0 amide bonds. The third kappa shape index (κ3) is 3.27. The molecular formula is C19H31N2P. The van der Waals surface area contributed by atoms with Crippen LogP contribution in [-0.2, 0) is 0 Å². The SMILES string of the molecule is CC(C)(C)N1[C]N(P(C(C)(C)C)C(C)(C)C)c2ccccc21. The summed E-state index contributed by atoms with van der Waals surface area (Å²) in [5.41, 5.74) is 2.60. The van der Waals surface area contributed by atoms with Crippen molar-refractivity contribution in [2.24, 2.45) is 0 Å². The molecule has 1 aliphatic heterocycles. The van der Waals surface area contributed by atoms with E-state index in [1.54, 1.807) is 0 Å². The Balaban J connectivity index is 2.53. The smallest absolute Gasteiger partial charge is 0.213 e. The molecule has 0 saturated heterocycles. The molecule has 2 radical (unpaired) electrons. The van der Waals surface area contributed by atoms with E-state index in [1.807, 2.05) is 0 Å². The predicted molar refractivity (Wildman–Crippen MR) is 101 cm³/mol. The number of anilines is 2. The number of fused-ring (bicyclic) bond motifs is 1.